The van der Waals surface area contributed by atoms with Crippen LogP contribution in [0.2, 0.25) is 19.6 Å². The van der Waals surface area contributed by atoms with Crippen LogP contribution in [0.1, 0.15) is 12.7 Å². The van der Waals surface area contributed by atoms with Crippen molar-refractivity contribution in [1.29, 1.82) is 0 Å². The molecule has 0 aliphatic rings. The van der Waals surface area contributed by atoms with Crippen molar-refractivity contribution in [2.24, 2.45) is 0 Å². The molecular formula is C8H17N3OSi. The molecule has 1 heterocycles. The first-order chi connectivity index (χ1) is 6.04. The summed E-state index contributed by atoms with van der Waals surface area (Å²) in [4.78, 5) is 4.18. The quantitative estimate of drug-likeness (QED) is 0.690. The number of ether oxygens (including phenoxy) is 1. The monoisotopic (exact) mass is 199 g/mol. The average Bonchev–Trinajstić information content (AvgIpc) is 2.47. The van der Waals surface area contributed by atoms with Crippen LogP contribution < -0.4 is 0 Å². The van der Waals surface area contributed by atoms with Crippen LogP contribution in [0.15, 0.2) is 6.33 Å². The number of nitrogens with zero attached hydrogens (tertiary/aromatic N) is 3. The van der Waals surface area contributed by atoms with Gasteiger partial charge in [-0.15, -0.1) is 0 Å². The van der Waals surface area contributed by atoms with Crippen molar-refractivity contribution < 1.29 is 4.74 Å². The molecule has 0 spiro atoms. The third-order valence-electron chi connectivity index (χ3n) is 1.66. The molecule has 0 N–H and O–H groups in total. The molecule has 0 radical (unpaired) electrons. The van der Waals surface area contributed by atoms with E-state index in [2.05, 4.69) is 29.7 Å². The summed E-state index contributed by atoms with van der Waals surface area (Å²) in [5.41, 5.74) is 0. The first-order valence-electron chi connectivity index (χ1n) is 4.53. The predicted octanol–water partition coefficient (Wildman–Crippen LogP) is 1.50. The van der Waals surface area contributed by atoms with Crippen molar-refractivity contribution in [3.8, 4) is 0 Å². The van der Waals surface area contributed by atoms with Crippen LogP contribution in [-0.4, -0.2) is 29.3 Å². The van der Waals surface area contributed by atoms with Gasteiger partial charge in [0.2, 0.25) is 0 Å². The highest BCUT2D eigenvalue weighted by molar-refractivity contribution is 6.74. The standard InChI is InChI=1S/C8H17N3OSi/c1-5-12-6-8-9-7-11(10-8)13(2,3)4/h7H,5-6H2,1-4H3. The number of hydrogen-bond acceptors (Lipinski definition) is 3. The molecule has 1 rings (SSSR count). The molecular weight excluding hydrogens is 182 g/mol. The molecule has 4 nitrogen and oxygen atoms in total. The molecule has 0 aliphatic carbocycles. The summed E-state index contributed by atoms with van der Waals surface area (Å²) in [5.74, 6) is 0.782. The van der Waals surface area contributed by atoms with Crippen molar-refractivity contribution in [3.63, 3.8) is 0 Å². The summed E-state index contributed by atoms with van der Waals surface area (Å²) in [6.45, 7) is 9.88. The minimum atomic E-state index is -1.36. The number of aromatic nitrogens is 3. The fourth-order valence-electron chi connectivity index (χ4n) is 0.880. The minimum Gasteiger partial charge on any atom is -0.374 e. The van der Waals surface area contributed by atoms with Gasteiger partial charge in [-0.25, -0.2) is 4.98 Å². The van der Waals surface area contributed by atoms with Crippen molar-refractivity contribution in [2.75, 3.05) is 6.61 Å². The van der Waals surface area contributed by atoms with E-state index in [0.29, 0.717) is 13.2 Å². The SMILES string of the molecule is CCOCc1ncn([Si](C)(C)C)n1. The summed E-state index contributed by atoms with van der Waals surface area (Å²) in [5, 5.41) is 4.36. The lowest BCUT2D eigenvalue weighted by Gasteiger charge is -2.14. The second kappa shape index (κ2) is 4.02. The molecule has 0 aromatic carbocycles. The Morgan fingerprint density at radius 1 is 1.46 bits per heavy atom. The lowest BCUT2D eigenvalue weighted by Crippen LogP contribution is -2.32. The summed E-state index contributed by atoms with van der Waals surface area (Å²) in [6, 6.07) is 0. The van der Waals surface area contributed by atoms with E-state index in [4.69, 9.17) is 4.74 Å². The van der Waals surface area contributed by atoms with E-state index in [0.717, 1.165) is 5.82 Å². The Balaban J connectivity index is 2.64. The van der Waals surface area contributed by atoms with Gasteiger partial charge < -0.3 is 4.74 Å². The van der Waals surface area contributed by atoms with Gasteiger partial charge in [-0.1, -0.05) is 0 Å². The summed E-state index contributed by atoms with van der Waals surface area (Å²) >= 11 is 0. The topological polar surface area (TPSA) is 39.9 Å². The molecule has 1 aromatic rings. The zero-order valence-electron chi connectivity index (χ0n) is 8.74. The molecule has 0 saturated carbocycles. The smallest absolute Gasteiger partial charge is 0.178 e. The largest absolute Gasteiger partial charge is 0.374 e. The summed E-state index contributed by atoms with van der Waals surface area (Å²) < 4.78 is 7.21. The van der Waals surface area contributed by atoms with Crippen molar-refractivity contribution in [2.45, 2.75) is 33.2 Å². The van der Waals surface area contributed by atoms with E-state index in [1.807, 2.05) is 11.3 Å². The molecule has 13 heavy (non-hydrogen) atoms. The van der Waals surface area contributed by atoms with E-state index in [1.165, 1.54) is 0 Å². The molecule has 0 saturated heterocycles. The van der Waals surface area contributed by atoms with E-state index in [-0.39, 0.29) is 0 Å². The van der Waals surface area contributed by atoms with E-state index < -0.39 is 8.24 Å². The normalized spacial score (nSPS) is 12.0. The molecule has 0 amide bonds. The second-order valence-electron chi connectivity index (χ2n) is 3.91. The Labute approximate surface area is 80.0 Å². The van der Waals surface area contributed by atoms with Crippen LogP contribution >= 0.6 is 0 Å². The van der Waals surface area contributed by atoms with E-state index in [9.17, 15) is 0 Å². The van der Waals surface area contributed by atoms with E-state index in [1.54, 1.807) is 6.33 Å². The fraction of sp³-hybridized carbons (Fsp3) is 0.750. The van der Waals surface area contributed by atoms with Gasteiger partial charge >= 0.3 is 0 Å². The molecule has 0 unspecified atom stereocenters. The Bertz CT molecular complexity index is 267. The molecule has 1 aromatic heterocycles. The highest BCUT2D eigenvalue weighted by Gasteiger charge is 2.18. The van der Waals surface area contributed by atoms with Crippen LogP contribution in [0.3, 0.4) is 0 Å². The number of hydrogen-bond donors (Lipinski definition) is 0. The van der Waals surface area contributed by atoms with Crippen molar-refractivity contribution in [3.05, 3.63) is 12.2 Å². The zero-order chi connectivity index (χ0) is 9.90. The first-order valence-corrected chi connectivity index (χ1v) is 7.97. The number of rotatable bonds is 4. The Morgan fingerprint density at radius 2 is 2.15 bits per heavy atom. The van der Waals surface area contributed by atoms with E-state index >= 15 is 0 Å². The van der Waals surface area contributed by atoms with Gasteiger partial charge in [0.25, 0.3) is 0 Å². The van der Waals surface area contributed by atoms with Gasteiger partial charge in [-0.3, -0.25) is 4.35 Å². The van der Waals surface area contributed by atoms with Crippen LogP contribution in [0.4, 0.5) is 0 Å². The molecule has 74 valence electrons. The fourth-order valence-corrected chi connectivity index (χ4v) is 1.70. The maximum absolute atomic E-state index is 5.22. The molecule has 0 fully saturated rings. The Morgan fingerprint density at radius 3 is 2.62 bits per heavy atom. The molecule has 0 aliphatic heterocycles. The summed E-state index contributed by atoms with van der Waals surface area (Å²) in [7, 11) is -1.36. The maximum atomic E-state index is 5.22. The Kier molecular flexibility index (Phi) is 3.21. The lowest BCUT2D eigenvalue weighted by molar-refractivity contribution is 0.128. The van der Waals surface area contributed by atoms with Gasteiger partial charge in [0.05, 0.1) is 0 Å². The van der Waals surface area contributed by atoms with Gasteiger partial charge in [0, 0.05) is 6.61 Å². The first kappa shape index (κ1) is 10.4. The predicted molar refractivity (Wildman–Crippen MR) is 54.1 cm³/mol. The van der Waals surface area contributed by atoms with Gasteiger partial charge in [0.1, 0.15) is 12.9 Å². The second-order valence-corrected chi connectivity index (χ2v) is 8.71. The Hall–Kier alpha value is -0.683. The third kappa shape index (κ3) is 2.93. The lowest BCUT2D eigenvalue weighted by atomic mass is 10.7. The maximum Gasteiger partial charge on any atom is 0.178 e. The third-order valence-corrected chi connectivity index (χ3v) is 3.25. The highest BCUT2D eigenvalue weighted by atomic mass is 28.3. The van der Waals surface area contributed by atoms with Crippen LogP contribution in [-0.2, 0) is 11.3 Å². The minimum absolute atomic E-state index is 0.522. The van der Waals surface area contributed by atoms with Crippen LogP contribution in [0.25, 0.3) is 0 Å². The van der Waals surface area contributed by atoms with Crippen LogP contribution in [0.5, 0.6) is 0 Å². The van der Waals surface area contributed by atoms with Crippen molar-refractivity contribution >= 4 is 8.24 Å². The highest BCUT2D eigenvalue weighted by Crippen LogP contribution is 2.04. The molecule has 0 atom stereocenters. The van der Waals surface area contributed by atoms with Crippen LogP contribution in [0, 0.1) is 0 Å². The van der Waals surface area contributed by atoms with Gasteiger partial charge in [-0.2, -0.15) is 5.10 Å². The van der Waals surface area contributed by atoms with Crippen molar-refractivity contribution in [1.82, 2.24) is 14.4 Å². The van der Waals surface area contributed by atoms with Gasteiger partial charge in [-0.05, 0) is 26.6 Å². The van der Waals surface area contributed by atoms with Gasteiger partial charge in [0.15, 0.2) is 14.1 Å². The zero-order valence-corrected chi connectivity index (χ0v) is 9.74. The summed E-state index contributed by atoms with van der Waals surface area (Å²) in [6.07, 6.45) is 1.81. The molecule has 0 bridgehead atoms. The average molecular weight is 199 g/mol. The molecule has 5 heteroatoms.